The first kappa shape index (κ1) is 15.2. The fraction of sp³-hybridized carbons (Fsp3) is 0.583. The molecule has 1 aliphatic rings. The van der Waals surface area contributed by atoms with Crippen molar-refractivity contribution in [3.05, 3.63) is 18.5 Å². The quantitative estimate of drug-likeness (QED) is 0.510. The van der Waals surface area contributed by atoms with Crippen molar-refractivity contribution < 1.29 is 8.42 Å². The molecule has 112 valence electrons. The zero-order valence-corrected chi connectivity index (χ0v) is 12.4. The summed E-state index contributed by atoms with van der Waals surface area (Å²) in [7, 11) is -3.61. The van der Waals surface area contributed by atoms with Gasteiger partial charge in [0.25, 0.3) is 0 Å². The van der Waals surface area contributed by atoms with Crippen LogP contribution in [-0.4, -0.2) is 44.0 Å². The second kappa shape index (κ2) is 6.49. The van der Waals surface area contributed by atoms with Crippen LogP contribution in [0, 0.1) is 0 Å². The molecule has 0 aliphatic carbocycles. The lowest BCUT2D eigenvalue weighted by molar-refractivity contribution is 0.260. The Balaban J connectivity index is 2.03. The van der Waals surface area contributed by atoms with Crippen LogP contribution in [0.2, 0.25) is 0 Å². The standard InChI is InChI=1S/C12H21N5O2S/c1-10(17-6-2-3-7-17)8-15-20(18,19)12-9-14-5-4-11(12)16-13/h4-5,9-10,15H,2-3,6-8,13H2,1H3,(H,14,16). The van der Waals surface area contributed by atoms with Crippen LogP contribution in [0.4, 0.5) is 5.69 Å². The lowest BCUT2D eigenvalue weighted by Gasteiger charge is -2.24. The molecule has 0 amide bonds. The summed E-state index contributed by atoms with van der Waals surface area (Å²) < 4.78 is 27.2. The van der Waals surface area contributed by atoms with Crippen molar-refractivity contribution in [1.82, 2.24) is 14.6 Å². The highest BCUT2D eigenvalue weighted by molar-refractivity contribution is 7.89. The highest BCUT2D eigenvalue weighted by Gasteiger charge is 2.22. The molecule has 20 heavy (non-hydrogen) atoms. The molecule has 1 fully saturated rings. The molecule has 0 radical (unpaired) electrons. The smallest absolute Gasteiger partial charge is 0.244 e. The molecule has 4 N–H and O–H groups in total. The van der Waals surface area contributed by atoms with Crippen molar-refractivity contribution in [2.45, 2.75) is 30.7 Å². The Morgan fingerprint density at radius 3 is 2.80 bits per heavy atom. The number of sulfonamides is 1. The summed E-state index contributed by atoms with van der Waals surface area (Å²) >= 11 is 0. The van der Waals surface area contributed by atoms with E-state index in [1.807, 2.05) is 6.92 Å². The topological polar surface area (TPSA) is 100 Å². The number of nitrogens with zero attached hydrogens (tertiary/aromatic N) is 2. The number of nitrogens with two attached hydrogens (primary N) is 1. The number of hydrogen-bond donors (Lipinski definition) is 3. The zero-order valence-electron chi connectivity index (χ0n) is 11.5. The Bertz CT molecular complexity index is 543. The molecule has 1 aromatic rings. The van der Waals surface area contributed by atoms with Gasteiger partial charge in [0.2, 0.25) is 10.0 Å². The summed E-state index contributed by atoms with van der Waals surface area (Å²) in [5, 5.41) is 0. The highest BCUT2D eigenvalue weighted by atomic mass is 32.2. The van der Waals surface area contributed by atoms with Gasteiger partial charge in [0.1, 0.15) is 4.90 Å². The first-order valence-electron chi connectivity index (χ1n) is 6.69. The summed E-state index contributed by atoms with van der Waals surface area (Å²) in [6.45, 7) is 4.47. The lowest BCUT2D eigenvalue weighted by Crippen LogP contribution is -2.40. The van der Waals surface area contributed by atoms with E-state index in [-0.39, 0.29) is 10.9 Å². The molecule has 1 aromatic heterocycles. The lowest BCUT2D eigenvalue weighted by atomic mass is 10.3. The van der Waals surface area contributed by atoms with Crippen molar-refractivity contribution in [2.24, 2.45) is 5.84 Å². The van der Waals surface area contributed by atoms with Crippen LogP contribution in [0.1, 0.15) is 19.8 Å². The van der Waals surface area contributed by atoms with Gasteiger partial charge in [-0.1, -0.05) is 0 Å². The minimum absolute atomic E-state index is 0.0659. The zero-order chi connectivity index (χ0) is 14.6. The average molecular weight is 299 g/mol. The fourth-order valence-electron chi connectivity index (χ4n) is 2.33. The molecule has 1 unspecified atom stereocenters. The number of aromatic nitrogens is 1. The third kappa shape index (κ3) is 3.45. The minimum atomic E-state index is -3.61. The molecule has 8 heteroatoms. The summed E-state index contributed by atoms with van der Waals surface area (Å²) in [5.74, 6) is 5.32. The number of hydrazine groups is 1. The SMILES string of the molecule is CC(CNS(=O)(=O)c1cnccc1NN)N1CCCC1. The van der Waals surface area contributed by atoms with E-state index in [0.717, 1.165) is 13.1 Å². The highest BCUT2D eigenvalue weighted by Crippen LogP contribution is 2.18. The average Bonchev–Trinajstić information content (AvgIpc) is 2.99. The van der Waals surface area contributed by atoms with Gasteiger partial charge in [-0.15, -0.1) is 0 Å². The van der Waals surface area contributed by atoms with Crippen molar-refractivity contribution in [3.8, 4) is 0 Å². The molecular formula is C12H21N5O2S. The first-order valence-corrected chi connectivity index (χ1v) is 8.17. The molecule has 0 bridgehead atoms. The fourth-order valence-corrected chi connectivity index (χ4v) is 3.57. The summed E-state index contributed by atoms with van der Waals surface area (Å²) in [4.78, 5) is 6.19. The van der Waals surface area contributed by atoms with Gasteiger partial charge in [-0.25, -0.2) is 13.1 Å². The summed E-state index contributed by atoms with van der Waals surface area (Å²) in [6.07, 6.45) is 5.14. The van der Waals surface area contributed by atoms with Gasteiger partial charge in [-0.3, -0.25) is 15.7 Å². The van der Waals surface area contributed by atoms with Gasteiger partial charge in [-0.05, 0) is 38.9 Å². The van der Waals surface area contributed by atoms with Crippen LogP contribution >= 0.6 is 0 Å². The Morgan fingerprint density at radius 1 is 1.45 bits per heavy atom. The molecule has 1 aliphatic heterocycles. The maximum atomic E-state index is 12.3. The second-order valence-corrected chi connectivity index (χ2v) is 6.70. The molecule has 1 saturated heterocycles. The van der Waals surface area contributed by atoms with E-state index in [1.54, 1.807) is 0 Å². The number of nitrogen functional groups attached to an aromatic ring is 1. The monoisotopic (exact) mass is 299 g/mol. The number of anilines is 1. The van der Waals surface area contributed by atoms with Crippen molar-refractivity contribution in [1.29, 1.82) is 0 Å². The predicted octanol–water partition coefficient (Wildman–Crippen LogP) is 0.130. The van der Waals surface area contributed by atoms with Crippen molar-refractivity contribution >= 4 is 15.7 Å². The van der Waals surface area contributed by atoms with Crippen LogP contribution in [0.25, 0.3) is 0 Å². The van der Waals surface area contributed by atoms with Gasteiger partial charge in [0.05, 0.1) is 5.69 Å². The van der Waals surface area contributed by atoms with E-state index < -0.39 is 10.0 Å². The molecule has 2 rings (SSSR count). The number of rotatable bonds is 6. The Hall–Kier alpha value is -1.22. The van der Waals surface area contributed by atoms with E-state index in [0.29, 0.717) is 12.2 Å². The molecule has 1 atom stereocenters. The number of hydrogen-bond acceptors (Lipinski definition) is 6. The van der Waals surface area contributed by atoms with Crippen molar-refractivity contribution in [2.75, 3.05) is 25.1 Å². The Labute approximate surface area is 119 Å². The van der Waals surface area contributed by atoms with Crippen molar-refractivity contribution in [3.63, 3.8) is 0 Å². The number of nitrogens with one attached hydrogen (secondary N) is 2. The Kier molecular flexibility index (Phi) is 4.92. The van der Waals surface area contributed by atoms with Gasteiger partial charge in [0.15, 0.2) is 0 Å². The molecule has 0 saturated carbocycles. The molecule has 0 spiro atoms. The minimum Gasteiger partial charge on any atom is -0.323 e. The van der Waals surface area contributed by atoms with Gasteiger partial charge in [0, 0.05) is 25.0 Å². The largest absolute Gasteiger partial charge is 0.323 e. The van der Waals surface area contributed by atoms with Crippen LogP contribution in [0.5, 0.6) is 0 Å². The van der Waals surface area contributed by atoms with E-state index in [2.05, 4.69) is 20.0 Å². The molecule has 7 nitrogen and oxygen atoms in total. The van der Waals surface area contributed by atoms with E-state index in [9.17, 15) is 8.42 Å². The molecule has 2 heterocycles. The van der Waals surface area contributed by atoms with Crippen LogP contribution < -0.4 is 16.0 Å². The predicted molar refractivity (Wildman–Crippen MR) is 77.5 cm³/mol. The Morgan fingerprint density at radius 2 is 2.15 bits per heavy atom. The number of pyridine rings is 1. The van der Waals surface area contributed by atoms with Crippen LogP contribution in [0.15, 0.2) is 23.4 Å². The van der Waals surface area contributed by atoms with E-state index in [4.69, 9.17) is 5.84 Å². The third-order valence-corrected chi connectivity index (χ3v) is 5.01. The molecule has 0 aromatic carbocycles. The van der Waals surface area contributed by atoms with Crippen LogP contribution in [0.3, 0.4) is 0 Å². The normalized spacial score (nSPS) is 18.1. The van der Waals surface area contributed by atoms with E-state index in [1.165, 1.54) is 31.3 Å². The summed E-state index contributed by atoms with van der Waals surface area (Å²) in [6, 6.07) is 1.71. The maximum Gasteiger partial charge on any atom is 0.244 e. The third-order valence-electron chi connectivity index (χ3n) is 3.56. The summed E-state index contributed by atoms with van der Waals surface area (Å²) in [5.41, 5.74) is 2.71. The second-order valence-electron chi connectivity index (χ2n) is 4.96. The maximum absolute atomic E-state index is 12.3. The first-order chi connectivity index (χ1) is 9.54. The molecular weight excluding hydrogens is 278 g/mol. The number of likely N-dealkylation sites (tertiary alicyclic amines) is 1. The van der Waals surface area contributed by atoms with Gasteiger partial charge in [-0.2, -0.15) is 0 Å². The van der Waals surface area contributed by atoms with Crippen LogP contribution in [-0.2, 0) is 10.0 Å². The van der Waals surface area contributed by atoms with Gasteiger partial charge < -0.3 is 5.43 Å². The van der Waals surface area contributed by atoms with Gasteiger partial charge >= 0.3 is 0 Å². The van der Waals surface area contributed by atoms with E-state index >= 15 is 0 Å².